The third kappa shape index (κ3) is 45.9. The lowest BCUT2D eigenvalue weighted by Crippen LogP contribution is -2.77. The molecule has 0 aliphatic carbocycles. The number of ether oxygens (including phenoxy) is 20. The molecule has 150 heavy (non-hydrogen) atoms. The van der Waals surface area contributed by atoms with Crippen LogP contribution in [0, 0.1) is 0 Å². The molecule has 7 aliphatic heterocycles. The van der Waals surface area contributed by atoms with E-state index >= 15 is 9.59 Å². The summed E-state index contributed by atoms with van der Waals surface area (Å²) >= 11 is -0.301. The van der Waals surface area contributed by atoms with Crippen molar-refractivity contribution >= 4 is 101 Å². The zero-order chi connectivity index (χ0) is 109. The standard InChI is InChI=1S/C99H170O47S4/c1-12-20-27-34-41-48-55-69(100)120-62-66-77(80(87(91(119-11)124-66)139-148-145-142-112)129-73(104)59-52-45-38-31-24-16-5)132-94-84-82(117-9)90(99(137-94,65-122-84)97(109)110)135-93-88(140-149-146-143-113)81(138-147-144-141-111)78(67(125-93)63-121-70(101)56-49-42-35-28-21-13-2)133-95-86(131-75(106)61-54-47-40-33-26-18-7)83(118-10)89(98(19-8,136-95)96(107)108)134-92-85(130-74(105)60-53-46-39-32-25-17-6)79(128-72(103)58-51-44-37-30-23-15-4)76(68(126-92)64-123-150(114,115)116)127-71(102)57-50-43-36-29-22-14-3/h66-68,76-95,111-113H,12-65H2,1-11H3,(H,107,108)(H,109,110)(H,114,115,116)/t66?,67?,68?,76-,77-,78-,79+,80+,81+,82-,83-,84?,85?,86?,87?,88?,89+,90+,91+,92+,93+,94-,95-,98?,99?/m1/s1. The Bertz CT molecular complexity index is 3840. The first-order chi connectivity index (χ1) is 72.5. The molecule has 0 aromatic carbocycles. The van der Waals surface area contributed by atoms with E-state index in [0.29, 0.717) is 77.0 Å². The average Bonchev–Trinajstić information content (AvgIpc) is 0.718. The number of rotatable bonds is 87. The monoisotopic (exact) mass is 2240 g/mol. The second kappa shape index (κ2) is 76.8. The Kier molecular flexibility index (Phi) is 68.5. The minimum absolute atomic E-state index is 0.0211. The van der Waals surface area contributed by atoms with Crippen LogP contribution in [0.5, 0.6) is 0 Å². The van der Waals surface area contributed by atoms with Crippen molar-refractivity contribution in [2.45, 2.75) is 529 Å². The molecule has 47 nitrogen and oxygen atoms in total. The molecule has 6 N–H and O–H groups in total. The van der Waals surface area contributed by atoms with Crippen molar-refractivity contribution in [2.75, 3.05) is 47.8 Å². The van der Waals surface area contributed by atoms with E-state index in [0.717, 1.165) is 181 Å². The maximum absolute atomic E-state index is 15.2. The summed E-state index contributed by atoms with van der Waals surface area (Å²) in [5, 5.41) is 65.0. The molecule has 0 spiro atoms. The van der Waals surface area contributed by atoms with Gasteiger partial charge in [0.15, 0.2) is 117 Å². The fourth-order valence-corrected chi connectivity index (χ4v) is 20.3. The largest absolute Gasteiger partial charge is 0.479 e. The van der Waals surface area contributed by atoms with Gasteiger partial charge in [-0.1, -0.05) is 295 Å². The number of carboxylic acid groups (broad SMARTS) is 2. The van der Waals surface area contributed by atoms with Crippen molar-refractivity contribution in [3.63, 3.8) is 0 Å². The van der Waals surface area contributed by atoms with Gasteiger partial charge in [-0.05, 0) is 51.4 Å². The number of aliphatic carboxylic acids is 2. The Balaban J connectivity index is 1.59. The van der Waals surface area contributed by atoms with Crippen LogP contribution in [0.3, 0.4) is 0 Å². The first-order valence-electron chi connectivity index (χ1n) is 54.0. The van der Waals surface area contributed by atoms with E-state index in [1.807, 2.05) is 34.6 Å². The highest BCUT2D eigenvalue weighted by atomic mass is 32.3. The fourth-order valence-electron chi connectivity index (χ4n) is 18.9. The van der Waals surface area contributed by atoms with Gasteiger partial charge in [-0.25, -0.2) is 29.5 Å². The van der Waals surface area contributed by atoms with Crippen LogP contribution in [-0.4, -0.2) is 293 Å². The molecule has 7 rings (SSSR count). The van der Waals surface area contributed by atoms with Crippen LogP contribution in [0.15, 0.2) is 0 Å². The molecule has 2 bridgehead atoms. The van der Waals surface area contributed by atoms with E-state index in [4.69, 9.17) is 120 Å². The number of carbonyl (C=O) groups excluding carboxylic acids is 7. The van der Waals surface area contributed by atoms with Gasteiger partial charge in [-0.15, -0.1) is 13.0 Å². The van der Waals surface area contributed by atoms with Crippen molar-refractivity contribution < 1.29 is 222 Å². The third-order valence-corrected chi connectivity index (χ3v) is 28.8. The van der Waals surface area contributed by atoms with Gasteiger partial charge < -0.3 is 105 Å². The van der Waals surface area contributed by atoms with Crippen LogP contribution in [0.1, 0.15) is 376 Å². The predicted molar refractivity (Wildman–Crippen MR) is 531 cm³/mol. The lowest BCUT2D eigenvalue weighted by molar-refractivity contribution is -0.439. The fraction of sp³-hybridized carbons (Fsp3) is 0.909. The summed E-state index contributed by atoms with van der Waals surface area (Å²) in [6, 6.07) is 0. The van der Waals surface area contributed by atoms with Gasteiger partial charge in [0.05, 0.1) is 13.2 Å². The summed E-state index contributed by atoms with van der Waals surface area (Å²) in [6.07, 6.45) is -17.9. The smallest absolute Gasteiger partial charge is 0.397 e. The first kappa shape index (κ1) is 134. The summed E-state index contributed by atoms with van der Waals surface area (Å²) in [7, 11) is -2.08. The molecule has 0 saturated carbocycles. The summed E-state index contributed by atoms with van der Waals surface area (Å²) < 4.78 is 203. The highest BCUT2D eigenvalue weighted by Gasteiger charge is 2.70. The van der Waals surface area contributed by atoms with Crippen LogP contribution in [-0.2, 0) is 193 Å². The van der Waals surface area contributed by atoms with Gasteiger partial charge >= 0.3 is 64.1 Å². The van der Waals surface area contributed by atoms with E-state index in [-0.39, 0.29) is 108 Å². The van der Waals surface area contributed by atoms with E-state index in [2.05, 4.69) is 33.3 Å². The van der Waals surface area contributed by atoms with E-state index in [1.165, 1.54) is 14.0 Å². The van der Waals surface area contributed by atoms with E-state index in [9.17, 15) is 72.5 Å². The molecular formula is C99H170O47S4. The van der Waals surface area contributed by atoms with E-state index < -0.39 is 249 Å². The number of hydrogen-bond acceptors (Lipinski definition) is 47. The number of carboxylic acids is 2. The van der Waals surface area contributed by atoms with Crippen LogP contribution in [0.4, 0.5) is 0 Å². The van der Waals surface area contributed by atoms with Crippen molar-refractivity contribution in [1.82, 2.24) is 0 Å². The van der Waals surface area contributed by atoms with Crippen LogP contribution >= 0.6 is 37.0 Å². The molecule has 25 atom stereocenters. The average molecular weight is 2240 g/mol. The maximum Gasteiger partial charge on any atom is 0.397 e. The number of hydrogen-bond donors (Lipinski definition) is 6. The van der Waals surface area contributed by atoms with Gasteiger partial charge in [0.1, 0.15) is 80.4 Å². The van der Waals surface area contributed by atoms with Gasteiger partial charge in [0.25, 0.3) is 0 Å². The Morgan fingerprint density at radius 1 is 0.313 bits per heavy atom. The number of esters is 7. The predicted octanol–water partition coefficient (Wildman–Crippen LogP) is 17.4. The molecule has 0 aromatic rings. The van der Waals surface area contributed by atoms with Crippen molar-refractivity contribution in [1.29, 1.82) is 0 Å². The van der Waals surface area contributed by atoms with Crippen LogP contribution in [0.2, 0.25) is 0 Å². The Morgan fingerprint density at radius 2 is 0.627 bits per heavy atom. The van der Waals surface area contributed by atoms with Crippen LogP contribution in [0.25, 0.3) is 0 Å². The number of unbranched alkanes of at least 4 members (excludes halogenated alkanes) is 35. The third-order valence-electron chi connectivity index (χ3n) is 27.1. The minimum Gasteiger partial charge on any atom is -0.479 e. The Hall–Kier alpha value is -4.85. The SMILES string of the molecule is CCCCCCCCC(=O)OCC1O[C@@H](O[C@H]2[C@H](OC)C3OCC2(C(=O)O)O[C@H]3O[C@@H]2C(COC(=O)CCCCCCCC)O[C@H](OC)C(OSOOO)[C@H]2OC(=O)CCCCCCCC)C(OSOOO)[C@@H](OSOOO)[C@@H]1O[C@@H]1OC(CC)(C(=O)O)[C@@H](O[C@@H]2OC(COS(=O)(=O)O)[C@@H](OC(=O)CCCCCCCC)[C@H](OC(=O)CCCCCCCC)C2OC(=O)CCCCCCCC)[C@H](OC)C1OC(=O)CCCCCCCC. The highest BCUT2D eigenvalue weighted by molar-refractivity contribution is 7.90. The van der Waals surface area contributed by atoms with Gasteiger partial charge in [0.2, 0.25) is 5.60 Å². The zero-order valence-corrected chi connectivity index (χ0v) is 92.3. The maximum atomic E-state index is 15.2. The van der Waals surface area contributed by atoms with Crippen molar-refractivity contribution in [3.8, 4) is 0 Å². The molecule has 0 amide bonds. The zero-order valence-electron chi connectivity index (χ0n) is 89.0. The molecule has 10 unspecified atom stereocenters. The summed E-state index contributed by atoms with van der Waals surface area (Å²) in [6.45, 7) is 11.8. The summed E-state index contributed by atoms with van der Waals surface area (Å²) in [5.74, 6) is -9.93. The second-order valence-electron chi connectivity index (χ2n) is 38.4. The quantitative estimate of drug-likeness (QED) is 0.00626. The lowest BCUT2D eigenvalue weighted by Gasteiger charge is -2.57. The van der Waals surface area contributed by atoms with Crippen molar-refractivity contribution in [3.05, 3.63) is 0 Å². The molecule has 0 aromatic heterocycles. The molecule has 51 heteroatoms. The molecule has 7 aliphatic rings. The highest BCUT2D eigenvalue weighted by Crippen LogP contribution is 2.49. The number of carbonyl (C=O) groups is 9. The Labute approximate surface area is 894 Å². The first-order valence-corrected chi connectivity index (χ1v) is 57.3. The number of fused-ring (bicyclic) bond motifs is 3. The van der Waals surface area contributed by atoms with Gasteiger partial charge in [0, 0.05) is 66.3 Å². The van der Waals surface area contributed by atoms with Crippen LogP contribution < -0.4 is 0 Å². The molecule has 7 fully saturated rings. The molecule has 7 saturated heterocycles. The van der Waals surface area contributed by atoms with Gasteiger partial charge in [-0.2, -0.15) is 8.42 Å². The molecule has 7 heterocycles. The minimum atomic E-state index is -5.47. The summed E-state index contributed by atoms with van der Waals surface area (Å²) in [5.41, 5.74) is -5.91. The number of methoxy groups -OCH3 is 3. The van der Waals surface area contributed by atoms with Gasteiger partial charge in [-0.3, -0.25) is 50.7 Å². The normalized spacial score (nSPS) is 28.3. The van der Waals surface area contributed by atoms with Crippen molar-refractivity contribution in [2.24, 2.45) is 0 Å². The Morgan fingerprint density at radius 3 is 0.987 bits per heavy atom. The molecular weight excluding hydrogens is 2070 g/mol. The topological polar surface area (TPSA) is 586 Å². The molecule has 872 valence electrons. The van der Waals surface area contributed by atoms with E-state index in [1.54, 1.807) is 0 Å². The summed E-state index contributed by atoms with van der Waals surface area (Å²) in [4.78, 5) is 132. The molecule has 0 radical (unpaired) electrons. The lowest BCUT2D eigenvalue weighted by atomic mass is 9.83. The second-order valence-corrected chi connectivity index (χ2v) is 40.8.